The number of hydrogen-bond acceptors (Lipinski definition) is 4. The highest BCUT2D eigenvalue weighted by Gasteiger charge is 2.33. The summed E-state index contributed by atoms with van der Waals surface area (Å²) < 4.78 is 5.99. The summed E-state index contributed by atoms with van der Waals surface area (Å²) in [5, 5.41) is 10.6. The van der Waals surface area contributed by atoms with Crippen molar-refractivity contribution in [1.82, 2.24) is 4.90 Å². The van der Waals surface area contributed by atoms with Gasteiger partial charge in [0.25, 0.3) is 0 Å². The van der Waals surface area contributed by atoms with Crippen molar-refractivity contribution in [2.75, 3.05) is 13.1 Å². The SMILES string of the molecule is Cc1cc(O)c(CN2CCCC(C)C2)c2c1C(=O)/C(=C/C=C/c1ccccc1)O2. The molecule has 1 N–H and O–H groups in total. The van der Waals surface area contributed by atoms with Crippen molar-refractivity contribution in [3.8, 4) is 11.5 Å². The van der Waals surface area contributed by atoms with Crippen molar-refractivity contribution in [2.45, 2.75) is 33.2 Å². The third-order valence-electron chi connectivity index (χ3n) is 5.68. The van der Waals surface area contributed by atoms with Crippen molar-refractivity contribution >= 4 is 11.9 Å². The first-order chi connectivity index (χ1) is 14.0. The Morgan fingerprint density at radius 2 is 2.07 bits per heavy atom. The van der Waals surface area contributed by atoms with Crippen molar-refractivity contribution in [3.63, 3.8) is 0 Å². The van der Waals surface area contributed by atoms with Crippen molar-refractivity contribution in [2.24, 2.45) is 5.92 Å². The van der Waals surface area contributed by atoms with Crippen LogP contribution in [0.2, 0.25) is 0 Å². The molecule has 1 saturated heterocycles. The summed E-state index contributed by atoms with van der Waals surface area (Å²) >= 11 is 0. The molecule has 0 radical (unpaired) electrons. The van der Waals surface area contributed by atoms with Crippen LogP contribution in [-0.2, 0) is 6.54 Å². The molecule has 1 unspecified atom stereocenters. The molecular weight excluding hydrogens is 362 g/mol. The largest absolute Gasteiger partial charge is 0.507 e. The molecular formula is C25H27NO3. The van der Waals surface area contributed by atoms with Gasteiger partial charge in [-0.25, -0.2) is 0 Å². The summed E-state index contributed by atoms with van der Waals surface area (Å²) in [6.07, 6.45) is 7.87. The standard InChI is InChI=1S/C25H27NO3/c1-17-8-7-13-26(15-17)16-20-21(27)14-18(2)23-24(28)22(29-25(20)23)12-6-11-19-9-4-3-5-10-19/h3-6,9-12,14,17,27H,7-8,13,15-16H2,1-2H3/b11-6+,22-12-. The molecule has 0 aromatic heterocycles. The highest BCUT2D eigenvalue weighted by molar-refractivity contribution is 6.13. The van der Waals surface area contributed by atoms with E-state index >= 15 is 0 Å². The van der Waals surface area contributed by atoms with Crippen LogP contribution in [0.3, 0.4) is 0 Å². The summed E-state index contributed by atoms with van der Waals surface area (Å²) in [6.45, 7) is 6.70. The van der Waals surface area contributed by atoms with E-state index < -0.39 is 0 Å². The van der Waals surface area contributed by atoms with Crippen LogP contribution in [0.15, 0.2) is 54.3 Å². The molecule has 0 spiro atoms. The van der Waals surface area contributed by atoms with Gasteiger partial charge in [0.2, 0.25) is 5.78 Å². The number of piperidine rings is 1. The van der Waals surface area contributed by atoms with Gasteiger partial charge in [-0.3, -0.25) is 9.69 Å². The van der Waals surface area contributed by atoms with Gasteiger partial charge in [0, 0.05) is 13.1 Å². The van der Waals surface area contributed by atoms with Gasteiger partial charge in [-0.15, -0.1) is 0 Å². The number of phenols is 1. The third-order valence-corrected chi connectivity index (χ3v) is 5.68. The van der Waals surface area contributed by atoms with Gasteiger partial charge >= 0.3 is 0 Å². The smallest absolute Gasteiger partial charge is 0.232 e. The number of aryl methyl sites for hydroxylation is 1. The van der Waals surface area contributed by atoms with E-state index in [0.29, 0.717) is 35.1 Å². The number of ketones is 1. The van der Waals surface area contributed by atoms with E-state index in [-0.39, 0.29) is 11.5 Å². The van der Waals surface area contributed by atoms with Crippen molar-refractivity contribution in [3.05, 3.63) is 76.6 Å². The molecule has 2 aliphatic heterocycles. The number of benzene rings is 2. The molecule has 29 heavy (non-hydrogen) atoms. The Labute approximate surface area is 172 Å². The van der Waals surface area contributed by atoms with Gasteiger partial charge in [-0.05, 0) is 55.5 Å². The molecule has 0 saturated carbocycles. The highest BCUT2D eigenvalue weighted by atomic mass is 16.5. The number of ether oxygens (including phenoxy) is 1. The lowest BCUT2D eigenvalue weighted by Gasteiger charge is -2.31. The molecule has 1 atom stereocenters. The summed E-state index contributed by atoms with van der Waals surface area (Å²) in [5.41, 5.74) is 3.08. The van der Waals surface area contributed by atoms with Gasteiger partial charge in [0.1, 0.15) is 11.5 Å². The van der Waals surface area contributed by atoms with E-state index in [1.807, 2.05) is 49.4 Å². The summed E-state index contributed by atoms with van der Waals surface area (Å²) in [4.78, 5) is 15.3. The fourth-order valence-electron chi connectivity index (χ4n) is 4.21. The van der Waals surface area contributed by atoms with E-state index in [1.54, 1.807) is 12.1 Å². The molecule has 0 bridgehead atoms. The fourth-order valence-corrected chi connectivity index (χ4v) is 4.21. The molecule has 150 valence electrons. The van der Waals surface area contributed by atoms with E-state index in [4.69, 9.17) is 4.74 Å². The maximum atomic E-state index is 12.9. The second-order valence-corrected chi connectivity index (χ2v) is 8.11. The Bertz CT molecular complexity index is 975. The summed E-state index contributed by atoms with van der Waals surface area (Å²) in [5.74, 6) is 1.54. The van der Waals surface area contributed by atoms with Gasteiger partial charge < -0.3 is 9.84 Å². The lowest BCUT2D eigenvalue weighted by molar-refractivity contribution is 0.101. The predicted molar refractivity (Wildman–Crippen MR) is 115 cm³/mol. The quantitative estimate of drug-likeness (QED) is 0.739. The van der Waals surface area contributed by atoms with Crippen LogP contribution in [0.5, 0.6) is 11.5 Å². The first-order valence-electron chi connectivity index (χ1n) is 10.3. The Kier molecular flexibility index (Phi) is 5.54. The van der Waals surface area contributed by atoms with Gasteiger partial charge in [-0.1, -0.05) is 49.4 Å². The first kappa shape index (κ1) is 19.5. The molecule has 4 heteroatoms. The number of carbonyl (C=O) groups excluding carboxylic acids is 1. The topological polar surface area (TPSA) is 49.8 Å². The minimum absolute atomic E-state index is 0.122. The molecule has 2 aromatic carbocycles. The van der Waals surface area contributed by atoms with Crippen LogP contribution in [0.4, 0.5) is 0 Å². The normalized spacial score (nSPS) is 21.0. The maximum absolute atomic E-state index is 12.9. The van der Waals surface area contributed by atoms with Crippen LogP contribution < -0.4 is 4.74 Å². The van der Waals surface area contributed by atoms with Crippen LogP contribution >= 0.6 is 0 Å². The average molecular weight is 389 g/mol. The van der Waals surface area contributed by atoms with Crippen LogP contribution in [0.25, 0.3) is 6.08 Å². The summed E-state index contributed by atoms with van der Waals surface area (Å²) in [7, 11) is 0. The minimum Gasteiger partial charge on any atom is -0.507 e. The maximum Gasteiger partial charge on any atom is 0.232 e. The van der Waals surface area contributed by atoms with E-state index in [0.717, 1.165) is 30.6 Å². The predicted octanol–water partition coefficient (Wildman–Crippen LogP) is 5.10. The highest BCUT2D eigenvalue weighted by Crippen LogP contribution is 2.42. The van der Waals surface area contributed by atoms with E-state index in [1.165, 1.54) is 6.42 Å². The number of rotatable bonds is 4. The van der Waals surface area contributed by atoms with Gasteiger partial charge in [0.05, 0.1) is 11.1 Å². The number of fused-ring (bicyclic) bond motifs is 1. The number of hydrogen-bond donors (Lipinski definition) is 1. The fraction of sp³-hybridized carbons (Fsp3) is 0.320. The lowest BCUT2D eigenvalue weighted by Crippen LogP contribution is -2.33. The Morgan fingerprint density at radius 1 is 1.28 bits per heavy atom. The number of Topliss-reactive ketones (excluding diaryl/α,β-unsaturated/α-hetero) is 1. The van der Waals surface area contributed by atoms with Crippen LogP contribution in [-0.4, -0.2) is 28.9 Å². The van der Waals surface area contributed by atoms with Crippen molar-refractivity contribution in [1.29, 1.82) is 0 Å². The van der Waals surface area contributed by atoms with Crippen LogP contribution in [0.1, 0.15) is 46.8 Å². The number of carbonyl (C=O) groups is 1. The van der Waals surface area contributed by atoms with E-state index in [2.05, 4.69) is 11.8 Å². The molecule has 2 aliphatic rings. The van der Waals surface area contributed by atoms with E-state index in [9.17, 15) is 9.90 Å². The van der Waals surface area contributed by atoms with Gasteiger partial charge in [0.15, 0.2) is 5.76 Å². The third kappa shape index (κ3) is 4.13. The summed E-state index contributed by atoms with van der Waals surface area (Å²) in [6, 6.07) is 11.6. The second-order valence-electron chi connectivity index (χ2n) is 8.11. The Balaban J connectivity index is 1.61. The number of aromatic hydroxyl groups is 1. The molecule has 1 fully saturated rings. The number of allylic oxidation sites excluding steroid dienone is 3. The number of likely N-dealkylation sites (tertiary alicyclic amines) is 1. The molecule has 0 aliphatic carbocycles. The monoisotopic (exact) mass is 389 g/mol. The number of nitrogens with zero attached hydrogens (tertiary/aromatic N) is 1. The average Bonchev–Trinajstić information content (AvgIpc) is 3.03. The molecule has 2 heterocycles. The zero-order chi connectivity index (χ0) is 20.4. The zero-order valence-corrected chi connectivity index (χ0v) is 17.0. The number of phenolic OH excluding ortho intramolecular Hbond substituents is 1. The van der Waals surface area contributed by atoms with Crippen molar-refractivity contribution < 1.29 is 14.6 Å². The van der Waals surface area contributed by atoms with Crippen LogP contribution in [0, 0.1) is 12.8 Å². The molecule has 0 amide bonds. The Morgan fingerprint density at radius 3 is 2.83 bits per heavy atom. The Hall–Kier alpha value is -2.85. The van der Waals surface area contributed by atoms with Gasteiger partial charge in [-0.2, -0.15) is 0 Å². The molecule has 4 rings (SSSR count). The molecule has 4 nitrogen and oxygen atoms in total. The zero-order valence-electron chi connectivity index (χ0n) is 17.0. The minimum atomic E-state index is -0.122. The second kappa shape index (κ2) is 8.26. The lowest BCUT2D eigenvalue weighted by atomic mass is 9.97. The molecule has 2 aromatic rings. The first-order valence-corrected chi connectivity index (χ1v) is 10.3.